The van der Waals surface area contributed by atoms with Crippen molar-refractivity contribution in [2.75, 3.05) is 33.3 Å². The Labute approximate surface area is 120 Å². The summed E-state index contributed by atoms with van der Waals surface area (Å²) in [7, 11) is 1.64. The van der Waals surface area contributed by atoms with Crippen molar-refractivity contribution in [3.63, 3.8) is 0 Å². The van der Waals surface area contributed by atoms with E-state index in [0.717, 1.165) is 49.5 Å². The van der Waals surface area contributed by atoms with Crippen LogP contribution in [0.2, 0.25) is 0 Å². The van der Waals surface area contributed by atoms with Gasteiger partial charge in [-0.05, 0) is 38.1 Å². The van der Waals surface area contributed by atoms with Crippen LogP contribution in [-0.4, -0.2) is 44.1 Å². The van der Waals surface area contributed by atoms with Gasteiger partial charge in [0.1, 0.15) is 5.75 Å². The fraction of sp³-hybridized carbons (Fsp3) is 0.438. The summed E-state index contributed by atoms with van der Waals surface area (Å²) in [5, 5.41) is 3.29. The quantitative estimate of drug-likeness (QED) is 0.855. The topological polar surface area (TPSA) is 41.6 Å². The van der Waals surface area contributed by atoms with E-state index in [4.69, 9.17) is 4.74 Å². The van der Waals surface area contributed by atoms with E-state index in [1.807, 2.05) is 36.1 Å². The van der Waals surface area contributed by atoms with Gasteiger partial charge in [-0.1, -0.05) is 11.6 Å². The first kappa shape index (κ1) is 14.6. The Morgan fingerprint density at radius 1 is 1.35 bits per heavy atom. The van der Waals surface area contributed by atoms with Gasteiger partial charge in [0.25, 0.3) is 0 Å². The van der Waals surface area contributed by atoms with Crippen molar-refractivity contribution in [2.24, 2.45) is 0 Å². The Hall–Kier alpha value is -1.81. The van der Waals surface area contributed by atoms with Gasteiger partial charge in [-0.2, -0.15) is 0 Å². The van der Waals surface area contributed by atoms with Crippen molar-refractivity contribution in [3.05, 3.63) is 35.4 Å². The predicted molar refractivity (Wildman–Crippen MR) is 80.8 cm³/mol. The molecule has 1 aliphatic heterocycles. The zero-order valence-corrected chi connectivity index (χ0v) is 12.2. The first-order valence-corrected chi connectivity index (χ1v) is 7.03. The van der Waals surface area contributed by atoms with Crippen LogP contribution in [0.5, 0.6) is 5.75 Å². The van der Waals surface area contributed by atoms with Crippen molar-refractivity contribution in [2.45, 2.75) is 13.3 Å². The van der Waals surface area contributed by atoms with Crippen molar-refractivity contribution in [1.82, 2.24) is 10.2 Å². The van der Waals surface area contributed by atoms with Crippen molar-refractivity contribution in [1.29, 1.82) is 0 Å². The van der Waals surface area contributed by atoms with Gasteiger partial charge in [0.2, 0.25) is 5.91 Å². The molecule has 20 heavy (non-hydrogen) atoms. The number of carbonyl (C=O) groups excluding carboxylic acids is 1. The molecule has 0 aliphatic carbocycles. The van der Waals surface area contributed by atoms with Crippen LogP contribution in [-0.2, 0) is 4.79 Å². The van der Waals surface area contributed by atoms with E-state index in [9.17, 15) is 4.79 Å². The zero-order valence-electron chi connectivity index (χ0n) is 12.2. The Balaban J connectivity index is 2.08. The van der Waals surface area contributed by atoms with Crippen LogP contribution in [0.3, 0.4) is 0 Å². The molecule has 0 aromatic heterocycles. The molecule has 4 heteroatoms. The molecular formula is C16H22N2O2. The molecule has 4 nitrogen and oxygen atoms in total. The van der Waals surface area contributed by atoms with E-state index in [2.05, 4.69) is 5.32 Å². The minimum Gasteiger partial charge on any atom is -0.496 e. The molecule has 1 aromatic rings. The summed E-state index contributed by atoms with van der Waals surface area (Å²) in [4.78, 5) is 14.1. The van der Waals surface area contributed by atoms with E-state index >= 15 is 0 Å². The van der Waals surface area contributed by atoms with Gasteiger partial charge in [0, 0.05) is 31.3 Å². The van der Waals surface area contributed by atoms with E-state index in [0.29, 0.717) is 0 Å². The number of hydrogen-bond acceptors (Lipinski definition) is 3. The number of carbonyl (C=O) groups is 1. The van der Waals surface area contributed by atoms with Gasteiger partial charge in [-0.3, -0.25) is 4.79 Å². The number of nitrogens with zero attached hydrogens (tertiary/aromatic N) is 1. The average Bonchev–Trinajstić information content (AvgIpc) is 2.74. The second-order valence-corrected chi connectivity index (χ2v) is 5.01. The maximum atomic E-state index is 12.2. The molecule has 0 unspecified atom stereocenters. The molecule has 1 amide bonds. The molecule has 0 radical (unpaired) electrons. The monoisotopic (exact) mass is 274 g/mol. The van der Waals surface area contributed by atoms with Gasteiger partial charge in [0.05, 0.1) is 7.11 Å². The number of hydrogen-bond donors (Lipinski definition) is 1. The van der Waals surface area contributed by atoms with Crippen LogP contribution in [0.15, 0.2) is 24.3 Å². The molecule has 1 aromatic carbocycles. The molecule has 0 spiro atoms. The first-order valence-electron chi connectivity index (χ1n) is 7.03. The number of ether oxygens (including phenoxy) is 1. The summed E-state index contributed by atoms with van der Waals surface area (Å²) < 4.78 is 5.31. The van der Waals surface area contributed by atoms with E-state index in [-0.39, 0.29) is 5.91 Å². The molecule has 1 fully saturated rings. The third-order valence-electron chi connectivity index (χ3n) is 3.44. The minimum absolute atomic E-state index is 0.0669. The lowest BCUT2D eigenvalue weighted by molar-refractivity contribution is -0.125. The molecule has 0 bridgehead atoms. The fourth-order valence-electron chi connectivity index (χ4n) is 2.32. The number of amides is 1. The maximum absolute atomic E-state index is 12.2. The SMILES string of the molecule is COc1ccc(C)cc1/C=C/C(=O)N1CCCNCC1. The lowest BCUT2D eigenvalue weighted by Gasteiger charge is -2.17. The van der Waals surface area contributed by atoms with Crippen LogP contribution < -0.4 is 10.1 Å². The van der Waals surface area contributed by atoms with Gasteiger partial charge < -0.3 is 15.0 Å². The van der Waals surface area contributed by atoms with Crippen LogP contribution >= 0.6 is 0 Å². The number of benzene rings is 1. The molecule has 1 N–H and O–H groups in total. The molecule has 108 valence electrons. The highest BCUT2D eigenvalue weighted by Gasteiger charge is 2.12. The van der Waals surface area contributed by atoms with Gasteiger partial charge >= 0.3 is 0 Å². The summed E-state index contributed by atoms with van der Waals surface area (Å²) in [6, 6.07) is 5.94. The van der Waals surface area contributed by atoms with Crippen LogP contribution in [0, 0.1) is 6.92 Å². The number of methoxy groups -OCH3 is 1. The lowest BCUT2D eigenvalue weighted by atomic mass is 10.1. The third kappa shape index (κ3) is 3.84. The second kappa shape index (κ2) is 7.10. The van der Waals surface area contributed by atoms with Crippen molar-refractivity contribution < 1.29 is 9.53 Å². The molecule has 1 aliphatic rings. The van der Waals surface area contributed by atoms with Gasteiger partial charge in [0.15, 0.2) is 0 Å². The van der Waals surface area contributed by atoms with Crippen molar-refractivity contribution in [3.8, 4) is 5.75 Å². The molecule has 1 heterocycles. The van der Waals surface area contributed by atoms with E-state index in [1.165, 1.54) is 0 Å². The van der Waals surface area contributed by atoms with E-state index in [1.54, 1.807) is 13.2 Å². The highest BCUT2D eigenvalue weighted by Crippen LogP contribution is 2.21. The molecule has 2 rings (SSSR count). The zero-order chi connectivity index (χ0) is 14.4. The fourth-order valence-corrected chi connectivity index (χ4v) is 2.32. The summed E-state index contributed by atoms with van der Waals surface area (Å²) in [5.74, 6) is 0.856. The molecule has 0 atom stereocenters. The lowest BCUT2D eigenvalue weighted by Crippen LogP contribution is -2.32. The number of rotatable bonds is 3. The number of aryl methyl sites for hydroxylation is 1. The smallest absolute Gasteiger partial charge is 0.246 e. The van der Waals surface area contributed by atoms with Crippen LogP contribution in [0.25, 0.3) is 6.08 Å². The largest absolute Gasteiger partial charge is 0.496 e. The highest BCUT2D eigenvalue weighted by molar-refractivity contribution is 5.92. The first-order chi connectivity index (χ1) is 9.70. The maximum Gasteiger partial charge on any atom is 0.246 e. The van der Waals surface area contributed by atoms with Gasteiger partial charge in [-0.25, -0.2) is 0 Å². The molecule has 0 saturated carbocycles. The number of nitrogens with one attached hydrogen (secondary N) is 1. The summed E-state index contributed by atoms with van der Waals surface area (Å²) >= 11 is 0. The van der Waals surface area contributed by atoms with Crippen LogP contribution in [0.4, 0.5) is 0 Å². The van der Waals surface area contributed by atoms with E-state index < -0.39 is 0 Å². The standard InChI is InChI=1S/C16H22N2O2/c1-13-4-6-15(20-2)14(12-13)5-7-16(19)18-10-3-8-17-9-11-18/h4-7,12,17H,3,8-11H2,1-2H3/b7-5+. The Kier molecular flexibility index (Phi) is 5.18. The van der Waals surface area contributed by atoms with Crippen LogP contribution in [0.1, 0.15) is 17.5 Å². The third-order valence-corrected chi connectivity index (χ3v) is 3.44. The Morgan fingerprint density at radius 2 is 2.20 bits per heavy atom. The highest BCUT2D eigenvalue weighted by atomic mass is 16.5. The summed E-state index contributed by atoms with van der Waals surface area (Å²) in [6.45, 7) is 5.47. The second-order valence-electron chi connectivity index (χ2n) is 5.01. The predicted octanol–water partition coefficient (Wildman–Crippen LogP) is 1.84. The Morgan fingerprint density at radius 3 is 3.00 bits per heavy atom. The minimum atomic E-state index is 0.0669. The molecular weight excluding hydrogens is 252 g/mol. The summed E-state index contributed by atoms with van der Waals surface area (Å²) in [6.07, 6.45) is 4.49. The summed E-state index contributed by atoms with van der Waals surface area (Å²) in [5.41, 5.74) is 2.09. The Bertz CT molecular complexity index is 489. The van der Waals surface area contributed by atoms with Gasteiger partial charge in [-0.15, -0.1) is 0 Å². The normalized spacial score (nSPS) is 16.2. The van der Waals surface area contributed by atoms with Crippen molar-refractivity contribution >= 4 is 12.0 Å². The molecule has 1 saturated heterocycles. The average molecular weight is 274 g/mol.